The van der Waals surface area contributed by atoms with Crippen LogP contribution in [0, 0.1) is 0 Å². The third-order valence-corrected chi connectivity index (χ3v) is 6.61. The lowest BCUT2D eigenvalue weighted by molar-refractivity contribution is -0.132. The second-order valence-corrected chi connectivity index (χ2v) is 8.92. The van der Waals surface area contributed by atoms with Gasteiger partial charge in [-0.3, -0.25) is 14.1 Å². The molecule has 1 amide bonds. The molecule has 1 saturated heterocycles. The highest BCUT2D eigenvalue weighted by Crippen LogP contribution is 2.27. The quantitative estimate of drug-likeness (QED) is 0.503. The molecule has 0 saturated carbocycles. The molecule has 1 atom stereocenters. The minimum Gasteiger partial charge on any atom is -0.339 e. The zero-order valence-electron chi connectivity index (χ0n) is 16.9. The molecule has 3 heterocycles. The van der Waals surface area contributed by atoms with E-state index in [4.69, 9.17) is 0 Å². The van der Waals surface area contributed by atoms with Crippen LogP contribution >= 0.6 is 11.8 Å². The van der Waals surface area contributed by atoms with Crippen LogP contribution in [-0.4, -0.2) is 66.7 Å². The molecule has 1 aliphatic heterocycles. The standard InChI is InChI=1S/C22H24N6OS/c1-16(30-22-25-24-21-23-18-9-5-6-10-19(18)28(21)22)20(29)27-13-11-26(12-14-27)15-17-7-3-2-4-8-17/h2-10,16H,11-15H2,1H3,(H,23,24)/t16-/m1/s1. The van der Waals surface area contributed by atoms with E-state index in [1.807, 2.05) is 46.6 Å². The summed E-state index contributed by atoms with van der Waals surface area (Å²) in [6.07, 6.45) is 0. The van der Waals surface area contributed by atoms with Crippen LogP contribution in [-0.2, 0) is 11.3 Å². The minimum atomic E-state index is -0.210. The highest BCUT2D eigenvalue weighted by Gasteiger charge is 2.27. The number of hydrogen-bond donors (Lipinski definition) is 1. The number of aromatic amines is 1. The van der Waals surface area contributed by atoms with E-state index >= 15 is 0 Å². The highest BCUT2D eigenvalue weighted by atomic mass is 32.2. The number of para-hydroxylation sites is 2. The number of amides is 1. The van der Waals surface area contributed by atoms with E-state index in [1.165, 1.54) is 17.3 Å². The van der Waals surface area contributed by atoms with E-state index in [9.17, 15) is 4.79 Å². The fourth-order valence-corrected chi connectivity index (χ4v) is 4.91. The Labute approximate surface area is 179 Å². The number of hydrogen-bond acceptors (Lipinski definition) is 5. The second-order valence-electron chi connectivity index (χ2n) is 7.61. The number of carbonyl (C=O) groups is 1. The molecular formula is C22H24N6OS. The normalized spacial score (nSPS) is 16.4. The summed E-state index contributed by atoms with van der Waals surface area (Å²) in [6.45, 7) is 6.23. The van der Waals surface area contributed by atoms with Gasteiger partial charge in [-0.05, 0) is 24.6 Å². The molecule has 1 fully saturated rings. The van der Waals surface area contributed by atoms with Crippen molar-refractivity contribution in [3.63, 3.8) is 0 Å². The van der Waals surface area contributed by atoms with E-state index < -0.39 is 0 Å². The number of thioether (sulfide) groups is 1. The maximum absolute atomic E-state index is 13.1. The van der Waals surface area contributed by atoms with Crippen LogP contribution in [0.1, 0.15) is 12.5 Å². The Hall–Kier alpha value is -2.84. The summed E-state index contributed by atoms with van der Waals surface area (Å²) in [5.41, 5.74) is 3.23. The predicted octanol–water partition coefficient (Wildman–Crippen LogP) is 3.04. The molecule has 2 aromatic heterocycles. The largest absolute Gasteiger partial charge is 0.339 e. The Morgan fingerprint density at radius 3 is 2.60 bits per heavy atom. The number of nitrogens with zero attached hydrogens (tertiary/aromatic N) is 5. The summed E-state index contributed by atoms with van der Waals surface area (Å²) in [5, 5.41) is 7.93. The van der Waals surface area contributed by atoms with Gasteiger partial charge in [-0.25, -0.2) is 10.1 Å². The predicted molar refractivity (Wildman–Crippen MR) is 118 cm³/mol. The lowest BCUT2D eigenvalue weighted by Crippen LogP contribution is -2.50. The van der Waals surface area contributed by atoms with E-state index in [2.05, 4.69) is 44.3 Å². The van der Waals surface area contributed by atoms with Gasteiger partial charge in [-0.1, -0.05) is 54.2 Å². The number of fused-ring (bicyclic) bond motifs is 3. The van der Waals surface area contributed by atoms with E-state index in [0.29, 0.717) is 5.78 Å². The third kappa shape index (κ3) is 3.68. The molecule has 0 radical (unpaired) electrons. The molecule has 0 spiro atoms. The Balaban J connectivity index is 1.22. The van der Waals surface area contributed by atoms with Crippen molar-refractivity contribution in [2.75, 3.05) is 26.2 Å². The zero-order chi connectivity index (χ0) is 20.5. The molecule has 1 aliphatic rings. The molecule has 0 bridgehead atoms. The fraction of sp³-hybridized carbons (Fsp3) is 0.318. The number of piperazine rings is 1. The zero-order valence-corrected chi connectivity index (χ0v) is 17.7. The van der Waals surface area contributed by atoms with Gasteiger partial charge in [-0.15, -0.1) is 5.10 Å². The number of benzene rings is 2. The second kappa shape index (κ2) is 8.12. The van der Waals surface area contributed by atoms with Gasteiger partial charge in [-0.2, -0.15) is 0 Å². The van der Waals surface area contributed by atoms with Gasteiger partial charge < -0.3 is 4.90 Å². The average molecular weight is 421 g/mol. The first-order valence-corrected chi connectivity index (χ1v) is 11.1. The van der Waals surface area contributed by atoms with Crippen molar-refractivity contribution in [1.82, 2.24) is 29.4 Å². The fourth-order valence-electron chi connectivity index (χ4n) is 3.96. The Morgan fingerprint density at radius 2 is 1.80 bits per heavy atom. The SMILES string of the molecule is C[C@@H](Sc1n[nH]c2nc3ccccc3n12)C(=O)N1CCN(Cc2ccccc2)CC1. The summed E-state index contributed by atoms with van der Waals surface area (Å²) in [7, 11) is 0. The van der Waals surface area contributed by atoms with Crippen LogP contribution in [0.3, 0.4) is 0 Å². The van der Waals surface area contributed by atoms with Gasteiger partial charge in [0.2, 0.25) is 11.7 Å². The summed E-state index contributed by atoms with van der Waals surface area (Å²) in [5.74, 6) is 0.868. The molecule has 2 aromatic carbocycles. The number of nitrogens with one attached hydrogen (secondary N) is 1. The third-order valence-electron chi connectivity index (χ3n) is 5.57. The molecule has 0 aliphatic carbocycles. The van der Waals surface area contributed by atoms with E-state index in [1.54, 1.807) is 0 Å². The first-order valence-electron chi connectivity index (χ1n) is 10.2. The minimum absolute atomic E-state index is 0.167. The van der Waals surface area contributed by atoms with Crippen LogP contribution in [0.4, 0.5) is 0 Å². The topological polar surface area (TPSA) is 69.5 Å². The monoisotopic (exact) mass is 420 g/mol. The van der Waals surface area contributed by atoms with Gasteiger partial charge in [0.15, 0.2) is 5.16 Å². The van der Waals surface area contributed by atoms with Crippen molar-refractivity contribution >= 4 is 34.5 Å². The van der Waals surface area contributed by atoms with Gasteiger partial charge in [0.25, 0.3) is 0 Å². The van der Waals surface area contributed by atoms with Crippen molar-refractivity contribution in [2.45, 2.75) is 23.9 Å². The highest BCUT2D eigenvalue weighted by molar-refractivity contribution is 8.00. The van der Waals surface area contributed by atoms with Crippen molar-refractivity contribution in [3.8, 4) is 0 Å². The molecule has 7 nitrogen and oxygen atoms in total. The molecule has 1 N–H and O–H groups in total. The van der Waals surface area contributed by atoms with Gasteiger partial charge in [0.1, 0.15) is 0 Å². The molecule has 154 valence electrons. The first kappa shape index (κ1) is 19.1. The molecule has 30 heavy (non-hydrogen) atoms. The number of carbonyl (C=O) groups excluding carboxylic acids is 1. The van der Waals surface area contributed by atoms with Crippen LogP contribution in [0.15, 0.2) is 59.8 Å². The molecule has 5 rings (SSSR count). The summed E-state index contributed by atoms with van der Waals surface area (Å²) >= 11 is 1.48. The van der Waals surface area contributed by atoms with Crippen LogP contribution in [0.25, 0.3) is 16.8 Å². The maximum Gasteiger partial charge on any atom is 0.235 e. The Kier molecular flexibility index (Phi) is 5.18. The van der Waals surface area contributed by atoms with Crippen molar-refractivity contribution in [3.05, 3.63) is 60.2 Å². The number of H-pyrrole nitrogens is 1. The summed E-state index contributed by atoms with van der Waals surface area (Å²) < 4.78 is 1.99. The lowest BCUT2D eigenvalue weighted by atomic mass is 10.2. The van der Waals surface area contributed by atoms with Crippen LogP contribution in [0.2, 0.25) is 0 Å². The maximum atomic E-state index is 13.1. The van der Waals surface area contributed by atoms with Crippen LogP contribution < -0.4 is 0 Å². The number of rotatable bonds is 5. The first-order chi connectivity index (χ1) is 14.7. The van der Waals surface area contributed by atoms with Crippen LogP contribution in [0.5, 0.6) is 0 Å². The summed E-state index contributed by atoms with van der Waals surface area (Å²) in [6, 6.07) is 18.5. The number of aromatic nitrogens is 4. The molecule has 8 heteroatoms. The molecular weight excluding hydrogens is 396 g/mol. The molecule has 0 unspecified atom stereocenters. The number of imidazole rings is 1. The van der Waals surface area contributed by atoms with Gasteiger partial charge in [0, 0.05) is 32.7 Å². The van der Waals surface area contributed by atoms with E-state index in [-0.39, 0.29) is 11.2 Å². The van der Waals surface area contributed by atoms with Crippen molar-refractivity contribution in [2.24, 2.45) is 0 Å². The lowest BCUT2D eigenvalue weighted by Gasteiger charge is -2.35. The Bertz CT molecular complexity index is 1160. The van der Waals surface area contributed by atoms with Gasteiger partial charge >= 0.3 is 0 Å². The van der Waals surface area contributed by atoms with Gasteiger partial charge in [0.05, 0.1) is 16.3 Å². The Morgan fingerprint density at radius 1 is 1.07 bits per heavy atom. The molecule has 4 aromatic rings. The average Bonchev–Trinajstić information content (AvgIpc) is 3.34. The van der Waals surface area contributed by atoms with Crippen molar-refractivity contribution < 1.29 is 4.79 Å². The van der Waals surface area contributed by atoms with E-state index in [0.717, 1.165) is 48.9 Å². The van der Waals surface area contributed by atoms with Crippen molar-refractivity contribution in [1.29, 1.82) is 0 Å². The smallest absolute Gasteiger partial charge is 0.235 e. The summed E-state index contributed by atoms with van der Waals surface area (Å²) in [4.78, 5) is 22.0.